The summed E-state index contributed by atoms with van der Waals surface area (Å²) in [5.74, 6) is -0.0597. The van der Waals surface area contributed by atoms with Crippen LogP contribution in [-0.2, 0) is 9.53 Å². The Balaban J connectivity index is 4.09. The molecule has 106 valence electrons. The van der Waals surface area contributed by atoms with Crippen molar-refractivity contribution in [1.82, 2.24) is 5.32 Å². The van der Waals surface area contributed by atoms with E-state index in [1.165, 1.54) is 0 Å². The number of hydrogen-bond acceptors (Lipinski definition) is 3. The summed E-state index contributed by atoms with van der Waals surface area (Å²) in [6.45, 7) is 7.99. The fourth-order valence-corrected chi connectivity index (χ4v) is 2.20. The topological polar surface area (TPSA) is 64.3 Å². The minimum atomic E-state index is -0.695. The lowest BCUT2D eigenvalue weighted by molar-refractivity contribution is -0.127. The predicted molar refractivity (Wildman–Crippen MR) is 78.5 cm³/mol. The van der Waals surface area contributed by atoms with E-state index in [1.54, 1.807) is 0 Å². The second kappa shape index (κ2) is 9.28. The van der Waals surface area contributed by atoms with E-state index in [-0.39, 0.29) is 10.9 Å². The molecular weight excluding hydrogens is 248 g/mol. The fourth-order valence-electron chi connectivity index (χ4n) is 1.82. The molecule has 3 N–H and O–H groups in total. The number of hydrogen-bond donors (Lipinski definition) is 2. The maximum atomic E-state index is 12.1. The van der Waals surface area contributed by atoms with Crippen LogP contribution in [0.2, 0.25) is 0 Å². The molecule has 1 amide bonds. The van der Waals surface area contributed by atoms with Crippen molar-refractivity contribution in [2.45, 2.75) is 46.5 Å². The minimum Gasteiger partial charge on any atom is -0.392 e. The SMILES string of the molecule is CCCOCCCNC(=O)C(CC)(CC)C(N)=S. The third-order valence-electron chi connectivity index (χ3n) is 3.21. The van der Waals surface area contributed by atoms with Gasteiger partial charge in [0.05, 0.1) is 10.4 Å². The van der Waals surface area contributed by atoms with E-state index >= 15 is 0 Å². The van der Waals surface area contributed by atoms with Crippen molar-refractivity contribution in [3.05, 3.63) is 0 Å². The Hall–Kier alpha value is -0.680. The predicted octanol–water partition coefficient (Wildman–Crippen LogP) is 2.01. The summed E-state index contributed by atoms with van der Waals surface area (Å²) in [5.41, 5.74) is 5.01. The van der Waals surface area contributed by atoms with Crippen molar-refractivity contribution in [2.24, 2.45) is 11.1 Å². The highest BCUT2D eigenvalue weighted by Crippen LogP contribution is 2.27. The van der Waals surface area contributed by atoms with Crippen molar-refractivity contribution in [1.29, 1.82) is 0 Å². The van der Waals surface area contributed by atoms with Crippen LogP contribution >= 0.6 is 12.2 Å². The van der Waals surface area contributed by atoms with Crippen molar-refractivity contribution in [2.75, 3.05) is 19.8 Å². The number of carbonyl (C=O) groups is 1. The van der Waals surface area contributed by atoms with Crippen LogP contribution < -0.4 is 11.1 Å². The van der Waals surface area contributed by atoms with Gasteiger partial charge in [0, 0.05) is 19.8 Å². The molecule has 5 heteroatoms. The standard InChI is InChI=1S/C13H26N2O2S/c1-4-9-17-10-7-8-15-12(16)13(5-2,6-3)11(14)18/h4-10H2,1-3H3,(H2,14,18)(H,15,16). The van der Waals surface area contributed by atoms with E-state index in [4.69, 9.17) is 22.7 Å². The Labute approximate surface area is 116 Å². The summed E-state index contributed by atoms with van der Waals surface area (Å²) >= 11 is 5.03. The van der Waals surface area contributed by atoms with Crippen molar-refractivity contribution >= 4 is 23.1 Å². The second-order valence-electron chi connectivity index (χ2n) is 4.38. The molecule has 0 aromatic rings. The zero-order valence-corrected chi connectivity index (χ0v) is 12.6. The lowest BCUT2D eigenvalue weighted by Crippen LogP contribution is -2.48. The molecule has 0 saturated carbocycles. The number of carbonyl (C=O) groups excluding carboxylic acids is 1. The minimum absolute atomic E-state index is 0.0597. The van der Waals surface area contributed by atoms with Gasteiger partial charge in [0.25, 0.3) is 0 Å². The van der Waals surface area contributed by atoms with Gasteiger partial charge in [-0.05, 0) is 25.7 Å². The average molecular weight is 274 g/mol. The highest BCUT2D eigenvalue weighted by Gasteiger charge is 2.37. The number of thiocarbonyl (C=S) groups is 1. The smallest absolute Gasteiger partial charge is 0.233 e. The highest BCUT2D eigenvalue weighted by atomic mass is 32.1. The lowest BCUT2D eigenvalue weighted by atomic mass is 9.81. The summed E-state index contributed by atoms with van der Waals surface area (Å²) in [7, 11) is 0. The van der Waals surface area contributed by atoms with Crippen LogP contribution in [0.25, 0.3) is 0 Å². The van der Waals surface area contributed by atoms with Gasteiger partial charge in [0.1, 0.15) is 0 Å². The maximum Gasteiger partial charge on any atom is 0.233 e. The molecule has 0 spiro atoms. The normalized spacial score (nSPS) is 11.3. The third-order valence-corrected chi connectivity index (χ3v) is 3.60. The van der Waals surface area contributed by atoms with Gasteiger partial charge in [-0.1, -0.05) is 33.0 Å². The third kappa shape index (κ3) is 4.90. The number of ether oxygens (including phenoxy) is 1. The molecule has 0 fully saturated rings. The van der Waals surface area contributed by atoms with E-state index in [0.717, 1.165) is 19.4 Å². The van der Waals surface area contributed by atoms with Crippen molar-refractivity contribution in [3.8, 4) is 0 Å². The molecule has 0 rings (SSSR count). The van der Waals surface area contributed by atoms with Gasteiger partial charge in [-0.3, -0.25) is 4.79 Å². The molecule has 0 atom stereocenters. The first-order valence-corrected chi connectivity index (χ1v) is 7.11. The Morgan fingerprint density at radius 1 is 1.28 bits per heavy atom. The van der Waals surface area contributed by atoms with E-state index in [2.05, 4.69) is 12.2 Å². The molecule has 0 saturated heterocycles. The van der Waals surface area contributed by atoms with Gasteiger partial charge < -0.3 is 15.8 Å². The Kier molecular flexibility index (Phi) is 8.93. The Morgan fingerprint density at radius 3 is 2.33 bits per heavy atom. The molecule has 4 nitrogen and oxygen atoms in total. The molecule has 0 aliphatic carbocycles. The van der Waals surface area contributed by atoms with Crippen LogP contribution in [0.4, 0.5) is 0 Å². The summed E-state index contributed by atoms with van der Waals surface area (Å²) in [6, 6.07) is 0. The van der Waals surface area contributed by atoms with Gasteiger partial charge in [0.15, 0.2) is 0 Å². The molecule has 0 unspecified atom stereocenters. The first-order chi connectivity index (χ1) is 8.55. The van der Waals surface area contributed by atoms with E-state index < -0.39 is 5.41 Å². The van der Waals surface area contributed by atoms with Crippen LogP contribution in [-0.4, -0.2) is 30.7 Å². The first-order valence-electron chi connectivity index (χ1n) is 6.71. The number of amides is 1. The summed E-state index contributed by atoms with van der Waals surface area (Å²) in [6.07, 6.45) is 3.10. The Morgan fingerprint density at radius 2 is 1.89 bits per heavy atom. The second-order valence-corrected chi connectivity index (χ2v) is 4.82. The molecule has 0 heterocycles. The first kappa shape index (κ1) is 17.3. The zero-order valence-electron chi connectivity index (χ0n) is 11.8. The molecule has 0 bridgehead atoms. The van der Waals surface area contributed by atoms with Crippen LogP contribution in [0.5, 0.6) is 0 Å². The molecule has 0 radical (unpaired) electrons. The lowest BCUT2D eigenvalue weighted by Gasteiger charge is -2.28. The quantitative estimate of drug-likeness (QED) is 0.472. The average Bonchev–Trinajstić information content (AvgIpc) is 2.35. The number of nitrogens with two attached hydrogens (primary N) is 1. The van der Waals surface area contributed by atoms with E-state index in [1.807, 2.05) is 13.8 Å². The monoisotopic (exact) mass is 274 g/mol. The molecular formula is C13H26N2O2S. The van der Waals surface area contributed by atoms with Crippen molar-refractivity contribution in [3.63, 3.8) is 0 Å². The van der Waals surface area contributed by atoms with Gasteiger partial charge >= 0.3 is 0 Å². The molecule has 0 aliphatic heterocycles. The maximum absolute atomic E-state index is 12.1. The van der Waals surface area contributed by atoms with Gasteiger partial charge in [0.2, 0.25) is 5.91 Å². The van der Waals surface area contributed by atoms with E-state index in [0.29, 0.717) is 26.0 Å². The molecule has 18 heavy (non-hydrogen) atoms. The van der Waals surface area contributed by atoms with Crippen LogP contribution in [0.3, 0.4) is 0 Å². The molecule has 0 aromatic carbocycles. The zero-order chi connectivity index (χ0) is 14.0. The highest BCUT2D eigenvalue weighted by molar-refractivity contribution is 7.80. The summed E-state index contributed by atoms with van der Waals surface area (Å²) in [5, 5.41) is 2.90. The van der Waals surface area contributed by atoms with Gasteiger partial charge in [-0.2, -0.15) is 0 Å². The van der Waals surface area contributed by atoms with Crippen molar-refractivity contribution < 1.29 is 9.53 Å². The summed E-state index contributed by atoms with van der Waals surface area (Å²) in [4.78, 5) is 12.4. The molecule has 0 aromatic heterocycles. The van der Waals surface area contributed by atoms with Gasteiger partial charge in [-0.15, -0.1) is 0 Å². The van der Waals surface area contributed by atoms with Crippen LogP contribution in [0, 0.1) is 5.41 Å². The number of rotatable bonds is 10. The summed E-state index contributed by atoms with van der Waals surface area (Å²) < 4.78 is 5.35. The Bertz CT molecular complexity index is 266. The van der Waals surface area contributed by atoms with Gasteiger partial charge in [-0.25, -0.2) is 0 Å². The fraction of sp³-hybridized carbons (Fsp3) is 0.846. The molecule has 0 aliphatic rings. The number of nitrogens with one attached hydrogen (secondary N) is 1. The van der Waals surface area contributed by atoms with E-state index in [9.17, 15) is 4.79 Å². The van der Waals surface area contributed by atoms with Crippen LogP contribution in [0.15, 0.2) is 0 Å². The van der Waals surface area contributed by atoms with Crippen LogP contribution in [0.1, 0.15) is 46.5 Å². The largest absolute Gasteiger partial charge is 0.392 e.